The van der Waals surface area contributed by atoms with Crippen LogP contribution in [0, 0.1) is 11.6 Å². The van der Waals surface area contributed by atoms with Crippen LogP contribution in [0.25, 0.3) is 17.3 Å². The zero-order chi connectivity index (χ0) is 20.2. The fourth-order valence-electron chi connectivity index (χ4n) is 3.65. The van der Waals surface area contributed by atoms with Gasteiger partial charge in [-0.3, -0.25) is 0 Å². The summed E-state index contributed by atoms with van der Waals surface area (Å²) in [6.07, 6.45) is 4.74. The maximum atomic E-state index is 13.8. The molecule has 6 heteroatoms. The van der Waals surface area contributed by atoms with Gasteiger partial charge in [-0.1, -0.05) is 29.8 Å². The predicted molar refractivity (Wildman–Crippen MR) is 116 cm³/mol. The van der Waals surface area contributed by atoms with Crippen LogP contribution < -0.4 is 5.73 Å². The van der Waals surface area contributed by atoms with Crippen LogP contribution in [0.15, 0.2) is 54.1 Å². The molecule has 150 valence electrons. The molecule has 3 nitrogen and oxygen atoms in total. The average Bonchev–Trinajstić information content (AvgIpc) is 3.10. The summed E-state index contributed by atoms with van der Waals surface area (Å²) in [5.74, 6) is -0.426. The van der Waals surface area contributed by atoms with Gasteiger partial charge in [0.2, 0.25) is 0 Å². The van der Waals surface area contributed by atoms with Gasteiger partial charge in [0.05, 0.1) is 5.69 Å². The molecule has 29 heavy (non-hydrogen) atoms. The van der Waals surface area contributed by atoms with Crippen LogP contribution in [-0.4, -0.2) is 29.5 Å². The molecule has 0 spiro atoms. The van der Waals surface area contributed by atoms with Crippen molar-refractivity contribution in [3.05, 3.63) is 76.2 Å². The van der Waals surface area contributed by atoms with Gasteiger partial charge in [0.1, 0.15) is 11.6 Å². The number of hydrogen-bond donors (Lipinski definition) is 1. The van der Waals surface area contributed by atoms with E-state index in [2.05, 4.69) is 9.88 Å². The second kappa shape index (κ2) is 8.84. The number of halogens is 2. The SMILES string of the molecule is Nc1nc(-c2ccc(F)cc2)c(CCN2CCC(=Cc3ccccc3F)CC2)s1. The van der Waals surface area contributed by atoms with E-state index in [0.717, 1.165) is 55.0 Å². The molecule has 0 bridgehead atoms. The van der Waals surface area contributed by atoms with Crippen molar-refractivity contribution >= 4 is 22.5 Å². The number of likely N-dealkylation sites (tertiary alicyclic amines) is 1. The van der Waals surface area contributed by atoms with E-state index in [1.54, 1.807) is 18.2 Å². The number of thiazole rings is 1. The first-order valence-corrected chi connectivity index (χ1v) is 10.6. The van der Waals surface area contributed by atoms with Gasteiger partial charge >= 0.3 is 0 Å². The number of hydrogen-bond acceptors (Lipinski definition) is 4. The van der Waals surface area contributed by atoms with Crippen molar-refractivity contribution < 1.29 is 8.78 Å². The van der Waals surface area contributed by atoms with Crippen LogP contribution in [0.5, 0.6) is 0 Å². The molecule has 4 rings (SSSR count). The molecule has 0 atom stereocenters. The van der Waals surface area contributed by atoms with Crippen molar-refractivity contribution in [1.29, 1.82) is 0 Å². The first kappa shape index (κ1) is 19.7. The largest absolute Gasteiger partial charge is 0.375 e. The molecule has 2 aromatic carbocycles. The predicted octanol–water partition coefficient (Wildman–Crippen LogP) is 5.39. The van der Waals surface area contributed by atoms with Gasteiger partial charge in [0.15, 0.2) is 5.13 Å². The van der Waals surface area contributed by atoms with Crippen LogP contribution >= 0.6 is 11.3 Å². The molecule has 0 unspecified atom stereocenters. The molecule has 3 aromatic rings. The summed E-state index contributed by atoms with van der Waals surface area (Å²) >= 11 is 1.50. The minimum atomic E-state index is -0.258. The summed E-state index contributed by atoms with van der Waals surface area (Å²) in [6.45, 7) is 2.84. The number of nitrogen functional groups attached to an aromatic ring is 1. The standard InChI is InChI=1S/C23H23F2N3S/c24-19-7-5-17(6-8-19)22-21(29-23(26)27-22)11-14-28-12-9-16(10-13-28)15-18-3-1-2-4-20(18)25/h1-8,15H,9-14H2,(H2,26,27). The summed E-state index contributed by atoms with van der Waals surface area (Å²) in [7, 11) is 0. The number of nitrogens with two attached hydrogens (primary N) is 1. The summed E-state index contributed by atoms with van der Waals surface area (Å²) in [5.41, 5.74) is 9.64. The van der Waals surface area contributed by atoms with Crippen molar-refractivity contribution in [3.8, 4) is 11.3 Å². The van der Waals surface area contributed by atoms with Crippen molar-refractivity contribution in [2.45, 2.75) is 19.3 Å². The lowest BCUT2D eigenvalue weighted by Crippen LogP contribution is -2.32. The van der Waals surface area contributed by atoms with Crippen molar-refractivity contribution in [2.75, 3.05) is 25.4 Å². The molecule has 1 aliphatic heterocycles. The second-order valence-corrected chi connectivity index (χ2v) is 8.36. The highest BCUT2D eigenvalue weighted by atomic mass is 32.1. The zero-order valence-corrected chi connectivity index (χ0v) is 16.9. The van der Waals surface area contributed by atoms with E-state index in [9.17, 15) is 8.78 Å². The Hall–Kier alpha value is -2.57. The summed E-state index contributed by atoms with van der Waals surface area (Å²) in [5, 5.41) is 0.535. The molecule has 0 saturated carbocycles. The van der Waals surface area contributed by atoms with Gasteiger partial charge < -0.3 is 10.6 Å². The van der Waals surface area contributed by atoms with Crippen LogP contribution in [0.2, 0.25) is 0 Å². The maximum Gasteiger partial charge on any atom is 0.180 e. The Morgan fingerprint density at radius 1 is 1.03 bits per heavy atom. The Morgan fingerprint density at radius 2 is 1.76 bits per heavy atom. The normalized spacial score (nSPS) is 14.9. The molecule has 1 aliphatic rings. The van der Waals surface area contributed by atoms with E-state index in [4.69, 9.17) is 5.73 Å². The smallest absolute Gasteiger partial charge is 0.180 e. The van der Waals surface area contributed by atoms with E-state index < -0.39 is 0 Å². The Bertz CT molecular complexity index is 1000. The third-order valence-electron chi connectivity index (χ3n) is 5.25. The third-order valence-corrected chi connectivity index (χ3v) is 6.19. The average molecular weight is 412 g/mol. The highest BCUT2D eigenvalue weighted by Crippen LogP contribution is 2.31. The number of aromatic nitrogens is 1. The highest BCUT2D eigenvalue weighted by molar-refractivity contribution is 7.15. The monoisotopic (exact) mass is 411 g/mol. The molecule has 0 amide bonds. The van der Waals surface area contributed by atoms with Crippen molar-refractivity contribution in [1.82, 2.24) is 9.88 Å². The molecule has 1 fully saturated rings. The number of nitrogens with zero attached hydrogens (tertiary/aromatic N) is 2. The second-order valence-electron chi connectivity index (χ2n) is 7.25. The van der Waals surface area contributed by atoms with Gasteiger partial charge in [-0.05, 0) is 49.6 Å². The molecule has 0 radical (unpaired) electrons. The van der Waals surface area contributed by atoms with Gasteiger partial charge in [0, 0.05) is 35.6 Å². The number of piperidine rings is 1. The summed E-state index contributed by atoms with van der Waals surface area (Å²) < 4.78 is 27.1. The molecular weight excluding hydrogens is 388 g/mol. The number of benzene rings is 2. The molecule has 2 N–H and O–H groups in total. The van der Waals surface area contributed by atoms with Crippen LogP contribution in [0.1, 0.15) is 23.3 Å². The minimum absolute atomic E-state index is 0.168. The Balaban J connectivity index is 1.37. The van der Waals surface area contributed by atoms with Gasteiger partial charge in [-0.2, -0.15) is 0 Å². The highest BCUT2D eigenvalue weighted by Gasteiger charge is 2.17. The zero-order valence-electron chi connectivity index (χ0n) is 16.1. The van der Waals surface area contributed by atoms with E-state index in [-0.39, 0.29) is 11.6 Å². The third kappa shape index (κ3) is 4.89. The van der Waals surface area contributed by atoms with Crippen LogP contribution in [0.4, 0.5) is 13.9 Å². The van der Waals surface area contributed by atoms with Crippen LogP contribution in [0.3, 0.4) is 0 Å². The molecule has 1 aromatic heterocycles. The lowest BCUT2D eigenvalue weighted by atomic mass is 10.0. The summed E-state index contributed by atoms with van der Waals surface area (Å²) in [6, 6.07) is 13.3. The van der Waals surface area contributed by atoms with E-state index in [1.165, 1.54) is 35.1 Å². The Morgan fingerprint density at radius 3 is 2.48 bits per heavy atom. The molecule has 2 heterocycles. The van der Waals surface area contributed by atoms with Gasteiger partial charge in [0.25, 0.3) is 0 Å². The maximum absolute atomic E-state index is 13.8. The van der Waals surface area contributed by atoms with Gasteiger partial charge in [-0.15, -0.1) is 11.3 Å². The van der Waals surface area contributed by atoms with E-state index in [1.807, 2.05) is 18.2 Å². The first-order chi connectivity index (χ1) is 14.1. The van der Waals surface area contributed by atoms with E-state index >= 15 is 0 Å². The Kier molecular flexibility index (Phi) is 6.02. The lowest BCUT2D eigenvalue weighted by Gasteiger charge is -2.28. The first-order valence-electron chi connectivity index (χ1n) is 9.76. The minimum Gasteiger partial charge on any atom is -0.375 e. The summed E-state index contributed by atoms with van der Waals surface area (Å²) in [4.78, 5) is 8.00. The van der Waals surface area contributed by atoms with E-state index in [0.29, 0.717) is 10.7 Å². The topological polar surface area (TPSA) is 42.1 Å². The fraction of sp³-hybridized carbons (Fsp3) is 0.261. The number of anilines is 1. The number of rotatable bonds is 5. The van der Waals surface area contributed by atoms with Gasteiger partial charge in [-0.25, -0.2) is 13.8 Å². The molecule has 0 aliphatic carbocycles. The van der Waals surface area contributed by atoms with Crippen molar-refractivity contribution in [3.63, 3.8) is 0 Å². The molecule has 1 saturated heterocycles. The fourth-order valence-corrected chi connectivity index (χ4v) is 4.50. The quantitative estimate of drug-likeness (QED) is 0.612. The molecular formula is C23H23F2N3S. The van der Waals surface area contributed by atoms with Crippen molar-refractivity contribution in [2.24, 2.45) is 0 Å². The Labute approximate surface area is 173 Å². The van der Waals surface area contributed by atoms with Crippen LogP contribution in [-0.2, 0) is 6.42 Å². The lowest BCUT2D eigenvalue weighted by molar-refractivity contribution is 0.261.